The number of para-hydroxylation sites is 1. The molecule has 156 valence electrons. The second kappa shape index (κ2) is 8.25. The molecule has 1 aromatic heterocycles. The molecule has 8 nitrogen and oxygen atoms in total. The molecule has 2 fully saturated rings. The first-order chi connectivity index (χ1) is 13.9. The van der Waals surface area contributed by atoms with Gasteiger partial charge in [-0.15, -0.1) is 0 Å². The molecule has 0 radical (unpaired) electrons. The molecule has 0 spiro atoms. The van der Waals surface area contributed by atoms with Crippen molar-refractivity contribution in [1.29, 1.82) is 0 Å². The zero-order valence-electron chi connectivity index (χ0n) is 16.6. The topological polar surface area (TPSA) is 87.5 Å². The first kappa shape index (κ1) is 20.1. The summed E-state index contributed by atoms with van der Waals surface area (Å²) in [6, 6.07) is 11.7. The summed E-state index contributed by atoms with van der Waals surface area (Å²) in [6.45, 7) is 5.35. The Morgan fingerprint density at radius 1 is 1.17 bits per heavy atom. The number of carbonyl (C=O) groups excluding carboxylic acids is 1. The van der Waals surface area contributed by atoms with E-state index in [1.54, 1.807) is 4.68 Å². The maximum absolute atomic E-state index is 12.6. The van der Waals surface area contributed by atoms with Gasteiger partial charge in [-0.05, 0) is 25.5 Å². The number of benzene rings is 1. The largest absolute Gasteiger partial charge is 0.309 e. The number of piperazine rings is 1. The van der Waals surface area contributed by atoms with Crippen LogP contribution in [0.25, 0.3) is 5.69 Å². The van der Waals surface area contributed by atoms with Crippen molar-refractivity contribution >= 4 is 21.6 Å². The monoisotopic (exact) mass is 417 g/mol. The number of amides is 1. The van der Waals surface area contributed by atoms with Crippen molar-refractivity contribution in [3.63, 3.8) is 0 Å². The van der Waals surface area contributed by atoms with E-state index in [9.17, 15) is 13.2 Å². The number of anilines is 1. The molecule has 1 unspecified atom stereocenters. The van der Waals surface area contributed by atoms with Gasteiger partial charge in [0, 0.05) is 38.3 Å². The summed E-state index contributed by atoms with van der Waals surface area (Å²) in [5.41, 5.74) is 1.74. The number of hydrogen-bond acceptors (Lipinski definition) is 6. The van der Waals surface area contributed by atoms with E-state index < -0.39 is 9.84 Å². The van der Waals surface area contributed by atoms with Crippen LogP contribution in [0, 0.1) is 6.92 Å². The van der Waals surface area contributed by atoms with E-state index in [2.05, 4.69) is 20.2 Å². The molecule has 1 N–H and O–H groups in total. The van der Waals surface area contributed by atoms with Gasteiger partial charge in [0.2, 0.25) is 5.91 Å². The molecule has 0 saturated carbocycles. The molecular formula is C20H27N5O3S. The maximum Gasteiger partial charge on any atom is 0.239 e. The minimum Gasteiger partial charge on any atom is -0.309 e. The molecule has 3 heterocycles. The lowest BCUT2D eigenvalue weighted by Gasteiger charge is -2.37. The number of rotatable bonds is 5. The summed E-state index contributed by atoms with van der Waals surface area (Å²) < 4.78 is 25.1. The van der Waals surface area contributed by atoms with Crippen molar-refractivity contribution in [3.05, 3.63) is 42.1 Å². The van der Waals surface area contributed by atoms with Crippen LogP contribution >= 0.6 is 0 Å². The summed E-state index contributed by atoms with van der Waals surface area (Å²) in [5.74, 6) is 1.16. The van der Waals surface area contributed by atoms with E-state index in [0.29, 0.717) is 18.1 Å². The zero-order valence-corrected chi connectivity index (χ0v) is 17.4. The Morgan fingerprint density at radius 2 is 1.90 bits per heavy atom. The van der Waals surface area contributed by atoms with Crippen LogP contribution in [0.1, 0.15) is 12.1 Å². The fourth-order valence-corrected chi connectivity index (χ4v) is 5.85. The third kappa shape index (κ3) is 4.85. The fourth-order valence-electron chi connectivity index (χ4n) is 4.09. The molecular weight excluding hydrogens is 390 g/mol. The highest BCUT2D eigenvalue weighted by atomic mass is 32.2. The molecule has 4 rings (SSSR count). The zero-order chi connectivity index (χ0) is 20.4. The van der Waals surface area contributed by atoms with Crippen LogP contribution in [0.5, 0.6) is 0 Å². The lowest BCUT2D eigenvalue weighted by molar-refractivity contribution is -0.117. The van der Waals surface area contributed by atoms with Gasteiger partial charge in [-0.2, -0.15) is 5.10 Å². The quantitative estimate of drug-likeness (QED) is 0.779. The first-order valence-corrected chi connectivity index (χ1v) is 11.8. The Bertz CT molecular complexity index is 965. The van der Waals surface area contributed by atoms with Crippen molar-refractivity contribution in [1.82, 2.24) is 19.6 Å². The average molecular weight is 418 g/mol. The Kier molecular flexibility index (Phi) is 5.71. The van der Waals surface area contributed by atoms with Gasteiger partial charge >= 0.3 is 0 Å². The highest BCUT2D eigenvalue weighted by Crippen LogP contribution is 2.20. The molecule has 1 amide bonds. The molecule has 2 saturated heterocycles. The smallest absolute Gasteiger partial charge is 0.239 e. The lowest BCUT2D eigenvalue weighted by Crippen LogP contribution is -2.52. The molecule has 0 bridgehead atoms. The normalized spacial score (nSPS) is 22.6. The number of nitrogens with one attached hydrogen (secondary N) is 1. The van der Waals surface area contributed by atoms with Gasteiger partial charge < -0.3 is 5.32 Å². The predicted octanol–water partition coefficient (Wildman–Crippen LogP) is 0.924. The molecule has 0 aliphatic carbocycles. The van der Waals surface area contributed by atoms with Crippen LogP contribution < -0.4 is 5.32 Å². The molecule has 29 heavy (non-hydrogen) atoms. The SMILES string of the molecule is Cc1cc(NC(=O)CN2CCN(C3CCS(=O)(=O)C3)CC2)n(-c2ccccc2)n1. The highest BCUT2D eigenvalue weighted by molar-refractivity contribution is 7.91. The van der Waals surface area contributed by atoms with Crippen molar-refractivity contribution in [3.8, 4) is 5.69 Å². The Hall–Kier alpha value is -2.23. The number of sulfone groups is 1. The molecule has 1 atom stereocenters. The van der Waals surface area contributed by atoms with E-state index >= 15 is 0 Å². The van der Waals surface area contributed by atoms with E-state index in [-0.39, 0.29) is 17.7 Å². The summed E-state index contributed by atoms with van der Waals surface area (Å²) in [4.78, 5) is 17.0. The van der Waals surface area contributed by atoms with Gasteiger partial charge in [0.15, 0.2) is 9.84 Å². The summed E-state index contributed by atoms with van der Waals surface area (Å²) in [7, 11) is -2.86. The van der Waals surface area contributed by atoms with Crippen molar-refractivity contribution in [2.24, 2.45) is 0 Å². The number of aromatic nitrogens is 2. The number of carbonyl (C=O) groups is 1. The van der Waals surface area contributed by atoms with Crippen molar-refractivity contribution < 1.29 is 13.2 Å². The average Bonchev–Trinajstić information content (AvgIpc) is 3.24. The van der Waals surface area contributed by atoms with Crippen LogP contribution in [0.4, 0.5) is 5.82 Å². The van der Waals surface area contributed by atoms with Crippen LogP contribution in [-0.4, -0.2) is 84.2 Å². The highest BCUT2D eigenvalue weighted by Gasteiger charge is 2.33. The molecule has 2 aliphatic rings. The minimum absolute atomic E-state index is 0.0704. The number of nitrogens with zero attached hydrogens (tertiary/aromatic N) is 4. The minimum atomic E-state index is -2.86. The third-order valence-corrected chi connectivity index (χ3v) is 7.35. The molecule has 1 aromatic carbocycles. The van der Waals surface area contributed by atoms with Gasteiger partial charge in [-0.1, -0.05) is 18.2 Å². The Balaban J connectivity index is 1.31. The summed E-state index contributed by atoms with van der Waals surface area (Å²) >= 11 is 0. The third-order valence-electron chi connectivity index (χ3n) is 5.60. The summed E-state index contributed by atoms with van der Waals surface area (Å²) in [5, 5.41) is 7.46. The van der Waals surface area contributed by atoms with E-state index in [1.165, 1.54) is 0 Å². The first-order valence-electron chi connectivity index (χ1n) is 9.98. The predicted molar refractivity (Wildman–Crippen MR) is 112 cm³/mol. The van der Waals surface area contributed by atoms with Gasteiger partial charge in [0.05, 0.1) is 29.4 Å². The van der Waals surface area contributed by atoms with Gasteiger partial charge in [0.25, 0.3) is 0 Å². The lowest BCUT2D eigenvalue weighted by atomic mass is 10.2. The van der Waals surface area contributed by atoms with Crippen LogP contribution in [0.3, 0.4) is 0 Å². The second-order valence-electron chi connectivity index (χ2n) is 7.84. The summed E-state index contributed by atoms with van der Waals surface area (Å²) in [6.07, 6.45) is 0.728. The van der Waals surface area contributed by atoms with Crippen molar-refractivity contribution in [2.75, 3.05) is 49.5 Å². The van der Waals surface area contributed by atoms with Crippen LogP contribution in [0.15, 0.2) is 36.4 Å². The van der Waals surface area contributed by atoms with Gasteiger partial charge in [0.1, 0.15) is 5.82 Å². The van der Waals surface area contributed by atoms with E-state index in [4.69, 9.17) is 0 Å². The van der Waals surface area contributed by atoms with E-state index in [1.807, 2.05) is 43.3 Å². The molecule has 9 heteroatoms. The number of hydrogen-bond donors (Lipinski definition) is 1. The van der Waals surface area contributed by atoms with Crippen LogP contribution in [0.2, 0.25) is 0 Å². The van der Waals surface area contributed by atoms with Crippen molar-refractivity contribution in [2.45, 2.75) is 19.4 Å². The molecule has 2 aromatic rings. The Morgan fingerprint density at radius 3 is 2.55 bits per heavy atom. The fraction of sp³-hybridized carbons (Fsp3) is 0.500. The molecule has 2 aliphatic heterocycles. The maximum atomic E-state index is 12.6. The van der Waals surface area contributed by atoms with Gasteiger partial charge in [-0.25, -0.2) is 13.1 Å². The standard InChI is InChI=1S/C20H27N5O3S/c1-16-13-19(25(22-16)17-5-3-2-4-6-17)21-20(26)14-23-8-10-24(11-9-23)18-7-12-29(27,28)15-18/h2-6,13,18H,7-12,14-15H2,1H3,(H,21,26). The number of aryl methyl sites for hydroxylation is 1. The van der Waals surface area contributed by atoms with E-state index in [0.717, 1.165) is 44.0 Å². The van der Waals surface area contributed by atoms with Crippen LogP contribution in [-0.2, 0) is 14.6 Å². The van der Waals surface area contributed by atoms with Gasteiger partial charge in [-0.3, -0.25) is 14.6 Å². The Labute approximate surface area is 171 Å². The second-order valence-corrected chi connectivity index (χ2v) is 10.1.